The van der Waals surface area contributed by atoms with Gasteiger partial charge in [-0.25, -0.2) is 0 Å². The van der Waals surface area contributed by atoms with E-state index in [0.29, 0.717) is 18.2 Å². The van der Waals surface area contributed by atoms with Crippen LogP contribution >= 0.6 is 12.4 Å². The van der Waals surface area contributed by atoms with Crippen molar-refractivity contribution in [3.05, 3.63) is 23.8 Å². The molecule has 0 bridgehead atoms. The van der Waals surface area contributed by atoms with E-state index in [2.05, 4.69) is 5.32 Å². The van der Waals surface area contributed by atoms with Gasteiger partial charge in [-0.2, -0.15) is 0 Å². The molecule has 1 saturated carbocycles. The molecular formula is C15H23ClN2O2. The first-order valence-electron chi connectivity index (χ1n) is 6.91. The molecule has 1 aliphatic carbocycles. The van der Waals surface area contributed by atoms with Crippen LogP contribution in [0.25, 0.3) is 0 Å². The zero-order valence-electron chi connectivity index (χ0n) is 11.8. The van der Waals surface area contributed by atoms with Gasteiger partial charge in [0.25, 0.3) is 0 Å². The predicted molar refractivity (Wildman–Crippen MR) is 83.2 cm³/mol. The van der Waals surface area contributed by atoms with Gasteiger partial charge in [-0.15, -0.1) is 12.4 Å². The predicted octanol–water partition coefficient (Wildman–Crippen LogP) is 2.83. The second-order valence-corrected chi connectivity index (χ2v) is 5.41. The van der Waals surface area contributed by atoms with Crippen molar-refractivity contribution in [3.63, 3.8) is 0 Å². The van der Waals surface area contributed by atoms with Crippen molar-refractivity contribution in [2.45, 2.75) is 32.6 Å². The van der Waals surface area contributed by atoms with Crippen LogP contribution in [0.2, 0.25) is 0 Å². The summed E-state index contributed by atoms with van der Waals surface area (Å²) in [6, 6.07) is 5.37. The molecule has 1 aliphatic rings. The standard InChI is InChI=1S/C15H22N2O2.ClH/c1-10-3-2-4-13(14(10)18)17-15(19)12-7-5-11(9-16)6-8-12;/h2-4,11-12,18H,5-9,16H2,1H3,(H,17,19);1H. The molecule has 0 saturated heterocycles. The molecule has 4 nitrogen and oxygen atoms in total. The Hall–Kier alpha value is -1.26. The fraction of sp³-hybridized carbons (Fsp3) is 0.533. The van der Waals surface area contributed by atoms with Crippen LogP contribution in [0.4, 0.5) is 5.69 Å². The van der Waals surface area contributed by atoms with Crippen molar-refractivity contribution >= 4 is 24.0 Å². The molecule has 0 radical (unpaired) electrons. The maximum atomic E-state index is 12.2. The highest BCUT2D eigenvalue weighted by Crippen LogP contribution is 2.31. The SMILES string of the molecule is Cc1cccc(NC(=O)C2CCC(CN)CC2)c1O.Cl. The third kappa shape index (κ3) is 3.87. The molecule has 1 aromatic carbocycles. The van der Waals surface area contributed by atoms with Gasteiger partial charge in [0.2, 0.25) is 5.91 Å². The van der Waals surface area contributed by atoms with Gasteiger partial charge in [-0.1, -0.05) is 12.1 Å². The second kappa shape index (κ2) is 7.50. The molecule has 1 amide bonds. The summed E-state index contributed by atoms with van der Waals surface area (Å²) in [4.78, 5) is 12.2. The Balaban J connectivity index is 0.00000200. The minimum atomic E-state index is 0. The van der Waals surface area contributed by atoms with Gasteiger partial charge in [0.05, 0.1) is 5.69 Å². The first-order chi connectivity index (χ1) is 9.11. The molecule has 1 aromatic rings. The zero-order chi connectivity index (χ0) is 13.8. The summed E-state index contributed by atoms with van der Waals surface area (Å²) in [6.45, 7) is 2.53. The van der Waals surface area contributed by atoms with Crippen LogP contribution in [-0.2, 0) is 4.79 Å². The Bertz CT molecular complexity index is 457. The Labute approximate surface area is 126 Å². The minimum absolute atomic E-state index is 0. The fourth-order valence-electron chi connectivity index (χ4n) is 2.65. The van der Waals surface area contributed by atoms with Crippen molar-refractivity contribution < 1.29 is 9.90 Å². The molecule has 0 aliphatic heterocycles. The minimum Gasteiger partial charge on any atom is -0.505 e. The van der Waals surface area contributed by atoms with Gasteiger partial charge in [-0.3, -0.25) is 4.79 Å². The van der Waals surface area contributed by atoms with Gasteiger partial charge in [0, 0.05) is 5.92 Å². The zero-order valence-corrected chi connectivity index (χ0v) is 12.6. The maximum absolute atomic E-state index is 12.2. The molecular weight excluding hydrogens is 276 g/mol. The van der Waals surface area contributed by atoms with Crippen LogP contribution in [0, 0.1) is 18.8 Å². The fourth-order valence-corrected chi connectivity index (χ4v) is 2.65. The number of aryl methyl sites for hydroxylation is 1. The van der Waals surface area contributed by atoms with E-state index < -0.39 is 0 Å². The number of halogens is 1. The van der Waals surface area contributed by atoms with Crippen molar-refractivity contribution in [2.24, 2.45) is 17.6 Å². The van der Waals surface area contributed by atoms with Crippen LogP contribution in [0.15, 0.2) is 18.2 Å². The maximum Gasteiger partial charge on any atom is 0.227 e. The molecule has 112 valence electrons. The van der Waals surface area contributed by atoms with Gasteiger partial charge >= 0.3 is 0 Å². The molecule has 0 spiro atoms. The highest BCUT2D eigenvalue weighted by Gasteiger charge is 2.26. The Kier molecular flexibility index (Phi) is 6.30. The Morgan fingerprint density at radius 2 is 2.00 bits per heavy atom. The summed E-state index contributed by atoms with van der Waals surface area (Å²) in [6.07, 6.45) is 3.82. The highest BCUT2D eigenvalue weighted by molar-refractivity contribution is 5.94. The Morgan fingerprint density at radius 3 is 2.60 bits per heavy atom. The lowest BCUT2D eigenvalue weighted by Gasteiger charge is -2.26. The third-order valence-corrected chi connectivity index (χ3v) is 4.05. The lowest BCUT2D eigenvalue weighted by Crippen LogP contribution is -2.29. The van der Waals surface area contributed by atoms with Gasteiger partial charge in [0.1, 0.15) is 5.75 Å². The molecule has 0 unspecified atom stereocenters. The normalized spacial score (nSPS) is 21.9. The Morgan fingerprint density at radius 1 is 1.35 bits per heavy atom. The molecule has 5 heteroatoms. The summed E-state index contributed by atoms with van der Waals surface area (Å²) >= 11 is 0. The largest absolute Gasteiger partial charge is 0.505 e. The topological polar surface area (TPSA) is 75.4 Å². The number of aromatic hydroxyl groups is 1. The number of amides is 1. The van der Waals surface area contributed by atoms with E-state index in [1.165, 1.54) is 0 Å². The van der Waals surface area contributed by atoms with Crippen LogP contribution in [0.3, 0.4) is 0 Å². The molecule has 0 heterocycles. The van der Waals surface area contributed by atoms with Crippen molar-refractivity contribution in [3.8, 4) is 5.75 Å². The number of nitrogens with one attached hydrogen (secondary N) is 1. The van der Waals surface area contributed by atoms with E-state index in [0.717, 1.165) is 31.2 Å². The summed E-state index contributed by atoms with van der Waals surface area (Å²) in [7, 11) is 0. The molecule has 2 rings (SSSR count). The molecule has 4 N–H and O–H groups in total. The van der Waals surface area contributed by atoms with E-state index in [-0.39, 0.29) is 30.0 Å². The van der Waals surface area contributed by atoms with Crippen LogP contribution < -0.4 is 11.1 Å². The lowest BCUT2D eigenvalue weighted by atomic mass is 9.81. The average Bonchev–Trinajstić information content (AvgIpc) is 2.44. The third-order valence-electron chi connectivity index (χ3n) is 4.05. The van der Waals surface area contributed by atoms with Crippen LogP contribution in [0.5, 0.6) is 5.75 Å². The molecule has 0 aromatic heterocycles. The van der Waals surface area contributed by atoms with E-state index in [9.17, 15) is 9.90 Å². The number of hydrogen-bond acceptors (Lipinski definition) is 3. The summed E-state index contributed by atoms with van der Waals surface area (Å²) < 4.78 is 0. The number of para-hydroxylation sites is 1. The summed E-state index contributed by atoms with van der Waals surface area (Å²) in [5, 5.41) is 12.7. The number of carbonyl (C=O) groups excluding carboxylic acids is 1. The monoisotopic (exact) mass is 298 g/mol. The highest BCUT2D eigenvalue weighted by atomic mass is 35.5. The van der Waals surface area contributed by atoms with Crippen molar-refractivity contribution in [2.75, 3.05) is 11.9 Å². The first kappa shape index (κ1) is 16.8. The first-order valence-corrected chi connectivity index (χ1v) is 6.91. The second-order valence-electron chi connectivity index (χ2n) is 5.41. The van der Waals surface area contributed by atoms with Crippen LogP contribution in [-0.4, -0.2) is 17.6 Å². The van der Waals surface area contributed by atoms with Gasteiger partial charge < -0.3 is 16.2 Å². The van der Waals surface area contributed by atoms with Crippen molar-refractivity contribution in [1.82, 2.24) is 0 Å². The lowest BCUT2D eigenvalue weighted by molar-refractivity contribution is -0.121. The number of hydrogen-bond donors (Lipinski definition) is 3. The van der Waals surface area contributed by atoms with E-state index in [1.54, 1.807) is 6.07 Å². The van der Waals surface area contributed by atoms with E-state index >= 15 is 0 Å². The number of anilines is 1. The van der Waals surface area contributed by atoms with Crippen molar-refractivity contribution in [1.29, 1.82) is 0 Å². The number of phenols is 1. The molecule has 1 fully saturated rings. The quantitative estimate of drug-likeness (QED) is 0.751. The number of nitrogens with two attached hydrogens (primary N) is 1. The number of benzene rings is 1. The average molecular weight is 299 g/mol. The summed E-state index contributed by atoms with van der Waals surface area (Å²) in [5.74, 6) is 0.780. The summed E-state index contributed by atoms with van der Waals surface area (Å²) in [5.41, 5.74) is 6.92. The smallest absolute Gasteiger partial charge is 0.227 e. The molecule has 0 atom stereocenters. The van der Waals surface area contributed by atoms with Gasteiger partial charge in [-0.05, 0) is 56.7 Å². The van der Waals surface area contributed by atoms with Crippen LogP contribution in [0.1, 0.15) is 31.2 Å². The number of rotatable bonds is 3. The number of phenolic OH excluding ortho intramolecular Hbond substituents is 1. The molecule has 20 heavy (non-hydrogen) atoms. The van der Waals surface area contributed by atoms with Gasteiger partial charge in [0.15, 0.2) is 0 Å². The van der Waals surface area contributed by atoms with E-state index in [1.807, 2.05) is 19.1 Å². The number of carbonyl (C=O) groups is 1. The van der Waals surface area contributed by atoms with E-state index in [4.69, 9.17) is 5.73 Å².